The van der Waals surface area contributed by atoms with Crippen molar-refractivity contribution in [2.24, 2.45) is 0 Å². The van der Waals surface area contributed by atoms with Crippen LogP contribution >= 0.6 is 15.9 Å². The Bertz CT molecular complexity index is 1160. The number of carboxylic acid groups (broad SMARTS) is 1. The molecule has 3 aromatic rings. The first-order valence-electron chi connectivity index (χ1n) is 9.48. The molecule has 1 aliphatic rings. The number of fused-ring (bicyclic) bond motifs is 1. The number of nitrogens with zero attached hydrogens (tertiary/aromatic N) is 3. The molecule has 0 aliphatic carbocycles. The summed E-state index contributed by atoms with van der Waals surface area (Å²) in [6.45, 7) is 0.0860. The molecule has 0 spiro atoms. The van der Waals surface area contributed by atoms with Gasteiger partial charge in [0, 0.05) is 34.5 Å². The van der Waals surface area contributed by atoms with Gasteiger partial charge in [-0.1, -0.05) is 15.9 Å². The van der Waals surface area contributed by atoms with E-state index in [0.717, 1.165) is 21.1 Å². The molecule has 1 unspecified atom stereocenters. The first-order chi connectivity index (χ1) is 15.0. The molecule has 2 aromatic carbocycles. The zero-order chi connectivity index (χ0) is 21.8. The number of aliphatic carboxylic acids is 1. The van der Waals surface area contributed by atoms with Gasteiger partial charge in [0.05, 0.1) is 12.1 Å². The van der Waals surface area contributed by atoms with Crippen LogP contribution in [0.3, 0.4) is 0 Å². The molecular formula is C22H19BrN4O4. The Kier molecular flexibility index (Phi) is 6.15. The normalized spacial score (nSPS) is 15.6. The van der Waals surface area contributed by atoms with Crippen molar-refractivity contribution in [3.63, 3.8) is 0 Å². The van der Waals surface area contributed by atoms with Gasteiger partial charge in [-0.3, -0.25) is 0 Å². The fraction of sp³-hybridized carbons (Fsp3) is 0.136. The number of hydrogen-bond acceptors (Lipinski definition) is 7. The zero-order valence-electron chi connectivity index (χ0n) is 16.3. The predicted molar refractivity (Wildman–Crippen MR) is 120 cm³/mol. The maximum absolute atomic E-state index is 11.5. The zero-order valence-corrected chi connectivity index (χ0v) is 17.9. The molecule has 0 saturated heterocycles. The molecule has 1 atom stereocenters. The van der Waals surface area contributed by atoms with Crippen LogP contribution in [0.4, 0.5) is 11.6 Å². The van der Waals surface area contributed by atoms with Crippen LogP contribution in [-0.2, 0) is 4.79 Å². The molecule has 9 heteroatoms. The number of halogens is 1. The monoisotopic (exact) mass is 482 g/mol. The summed E-state index contributed by atoms with van der Waals surface area (Å²) < 4.78 is 6.84. The Morgan fingerprint density at radius 1 is 1.23 bits per heavy atom. The Morgan fingerprint density at radius 3 is 2.77 bits per heavy atom. The van der Waals surface area contributed by atoms with E-state index in [1.165, 1.54) is 11.0 Å². The molecule has 0 radical (unpaired) electrons. The first kappa shape index (κ1) is 20.8. The smallest absolute Gasteiger partial charge is 0.330 e. The summed E-state index contributed by atoms with van der Waals surface area (Å²) in [6.07, 6.45) is 6.48. The molecule has 0 amide bonds. The van der Waals surface area contributed by atoms with Gasteiger partial charge in [-0.2, -0.15) is 0 Å². The molecule has 0 saturated carbocycles. The van der Waals surface area contributed by atoms with E-state index in [4.69, 9.17) is 9.84 Å². The van der Waals surface area contributed by atoms with E-state index in [1.807, 2.05) is 30.3 Å². The fourth-order valence-corrected chi connectivity index (χ4v) is 3.38. The molecule has 0 bridgehead atoms. The number of hydrogen-bond donors (Lipinski definition) is 3. The molecule has 2 heterocycles. The maximum atomic E-state index is 11.5. The third-order valence-electron chi connectivity index (χ3n) is 4.61. The summed E-state index contributed by atoms with van der Waals surface area (Å²) in [7, 11) is 0. The molecule has 3 N–H and O–H groups in total. The number of carboxylic acids is 1. The summed E-state index contributed by atoms with van der Waals surface area (Å²) in [5.41, 5.74) is 1.62. The number of ether oxygens (including phenoxy) is 1. The summed E-state index contributed by atoms with van der Waals surface area (Å²) in [6, 6.07) is 12.2. The lowest BCUT2D eigenvalue weighted by Gasteiger charge is -2.28. The van der Waals surface area contributed by atoms with Crippen LogP contribution in [0.25, 0.3) is 10.9 Å². The molecule has 0 fully saturated rings. The van der Waals surface area contributed by atoms with Crippen molar-refractivity contribution in [1.29, 1.82) is 0 Å². The molecule has 158 valence electrons. The van der Waals surface area contributed by atoms with Crippen molar-refractivity contribution in [2.45, 2.75) is 6.04 Å². The number of β-amino-alcohol motifs (C(OH)–C–C–N with tert-alkyl or cyclic N) is 1. The number of anilines is 2. The number of allylic oxidation sites excluding steroid dienone is 1. The van der Waals surface area contributed by atoms with E-state index in [-0.39, 0.29) is 13.2 Å². The molecule has 31 heavy (non-hydrogen) atoms. The Morgan fingerprint density at radius 2 is 2.03 bits per heavy atom. The van der Waals surface area contributed by atoms with Crippen molar-refractivity contribution < 1.29 is 19.7 Å². The van der Waals surface area contributed by atoms with E-state index in [1.54, 1.807) is 30.6 Å². The van der Waals surface area contributed by atoms with Crippen LogP contribution in [0.2, 0.25) is 0 Å². The second-order valence-corrected chi connectivity index (χ2v) is 7.69. The highest BCUT2D eigenvalue weighted by Crippen LogP contribution is 2.25. The second kappa shape index (κ2) is 9.15. The van der Waals surface area contributed by atoms with Crippen molar-refractivity contribution in [3.05, 3.63) is 77.2 Å². The molecule has 4 rings (SSSR count). The van der Waals surface area contributed by atoms with Gasteiger partial charge >= 0.3 is 5.97 Å². The number of aliphatic hydroxyl groups is 1. The average molecular weight is 483 g/mol. The van der Waals surface area contributed by atoms with E-state index in [9.17, 15) is 9.90 Å². The lowest BCUT2D eigenvalue weighted by atomic mass is 10.1. The molecular weight excluding hydrogens is 464 g/mol. The van der Waals surface area contributed by atoms with Crippen LogP contribution in [0.1, 0.15) is 0 Å². The summed E-state index contributed by atoms with van der Waals surface area (Å²) in [4.78, 5) is 21.9. The first-order valence-corrected chi connectivity index (χ1v) is 10.3. The topological polar surface area (TPSA) is 108 Å². The van der Waals surface area contributed by atoms with Gasteiger partial charge in [-0.25, -0.2) is 14.8 Å². The average Bonchev–Trinajstić information content (AvgIpc) is 2.76. The highest BCUT2D eigenvalue weighted by Gasteiger charge is 2.24. The van der Waals surface area contributed by atoms with Gasteiger partial charge in [0.15, 0.2) is 0 Å². The molecule has 8 nitrogen and oxygen atoms in total. The summed E-state index contributed by atoms with van der Waals surface area (Å²) in [5.74, 6) is 0.419. The summed E-state index contributed by atoms with van der Waals surface area (Å²) in [5, 5.41) is 22.5. The lowest BCUT2D eigenvalue weighted by molar-refractivity contribution is -0.140. The van der Waals surface area contributed by atoms with E-state index >= 15 is 0 Å². The SMILES string of the molecule is O=C(O)C1C=C(Oc2ccc3nc(Nc4ccc(Br)cc4)ncc3c2)C=CN1CCO. The predicted octanol–water partition coefficient (Wildman–Crippen LogP) is 3.67. The van der Waals surface area contributed by atoms with E-state index in [2.05, 4.69) is 31.2 Å². The number of nitrogens with one attached hydrogen (secondary N) is 1. The van der Waals surface area contributed by atoms with Gasteiger partial charge in [-0.15, -0.1) is 0 Å². The molecule has 1 aliphatic heterocycles. The highest BCUT2D eigenvalue weighted by molar-refractivity contribution is 9.10. The van der Waals surface area contributed by atoms with Gasteiger partial charge in [0.25, 0.3) is 0 Å². The van der Waals surface area contributed by atoms with Gasteiger partial charge < -0.3 is 25.2 Å². The van der Waals surface area contributed by atoms with Crippen LogP contribution in [-0.4, -0.2) is 50.2 Å². The standard InChI is InChI=1S/C22H19BrN4O4/c23-15-1-3-16(4-2-15)25-22-24-13-14-11-17(5-6-19(14)26-22)31-18-7-8-27(9-10-28)20(12-18)21(29)30/h1-8,11-13,20,28H,9-10H2,(H,29,30)(H,24,25,26). The highest BCUT2D eigenvalue weighted by atomic mass is 79.9. The van der Waals surface area contributed by atoms with Gasteiger partial charge in [-0.05, 0) is 54.6 Å². The Hall–Kier alpha value is -3.43. The van der Waals surface area contributed by atoms with E-state index < -0.39 is 12.0 Å². The number of aromatic nitrogens is 2. The van der Waals surface area contributed by atoms with Crippen LogP contribution in [0.15, 0.2) is 77.2 Å². The minimum atomic E-state index is -1.02. The largest absolute Gasteiger partial charge is 0.479 e. The lowest BCUT2D eigenvalue weighted by Crippen LogP contribution is -2.39. The molecule has 1 aromatic heterocycles. The van der Waals surface area contributed by atoms with Gasteiger partial charge in [0.2, 0.25) is 5.95 Å². The quantitative estimate of drug-likeness (QED) is 0.468. The van der Waals surface area contributed by atoms with Crippen molar-refractivity contribution in [2.75, 3.05) is 18.5 Å². The summed E-state index contributed by atoms with van der Waals surface area (Å²) >= 11 is 3.41. The van der Waals surface area contributed by atoms with Crippen LogP contribution in [0, 0.1) is 0 Å². The number of rotatable bonds is 7. The van der Waals surface area contributed by atoms with Gasteiger partial charge in [0.1, 0.15) is 17.6 Å². The maximum Gasteiger partial charge on any atom is 0.330 e. The van der Waals surface area contributed by atoms with E-state index in [0.29, 0.717) is 17.5 Å². The fourth-order valence-electron chi connectivity index (χ4n) is 3.11. The van der Waals surface area contributed by atoms with Crippen molar-refractivity contribution >= 4 is 44.4 Å². The van der Waals surface area contributed by atoms with Crippen molar-refractivity contribution in [3.8, 4) is 5.75 Å². The second-order valence-electron chi connectivity index (χ2n) is 6.78. The minimum Gasteiger partial charge on any atom is -0.479 e. The third kappa shape index (κ3) is 5.01. The van der Waals surface area contributed by atoms with Crippen LogP contribution < -0.4 is 10.1 Å². The number of carbonyl (C=O) groups is 1. The minimum absolute atomic E-state index is 0.137. The Balaban J connectivity index is 1.50. The number of aliphatic hydroxyl groups excluding tert-OH is 1. The number of benzene rings is 2. The van der Waals surface area contributed by atoms with Crippen LogP contribution in [0.5, 0.6) is 5.75 Å². The van der Waals surface area contributed by atoms with Crippen molar-refractivity contribution in [1.82, 2.24) is 14.9 Å². The Labute approximate surface area is 186 Å². The third-order valence-corrected chi connectivity index (χ3v) is 5.14.